The Morgan fingerprint density at radius 3 is 2.56 bits per heavy atom. The van der Waals surface area contributed by atoms with E-state index in [9.17, 15) is 8.42 Å². The minimum Gasteiger partial charge on any atom is -0.306 e. The predicted molar refractivity (Wildman–Crippen MR) is 101 cm³/mol. The number of anilines is 1. The molecule has 0 saturated carbocycles. The lowest BCUT2D eigenvalue weighted by molar-refractivity contribution is 0.237. The molecule has 2 aromatic rings. The van der Waals surface area contributed by atoms with Crippen molar-refractivity contribution in [2.45, 2.75) is 30.2 Å². The zero-order chi connectivity index (χ0) is 17.8. The molecule has 2 heterocycles. The van der Waals surface area contributed by atoms with E-state index in [0.29, 0.717) is 9.92 Å². The van der Waals surface area contributed by atoms with Gasteiger partial charge in [0.25, 0.3) is 10.0 Å². The van der Waals surface area contributed by atoms with Crippen molar-refractivity contribution in [3.63, 3.8) is 0 Å². The maximum absolute atomic E-state index is 13.4. The zero-order valence-corrected chi connectivity index (χ0v) is 15.9. The Hall–Kier alpha value is -1.56. The van der Waals surface area contributed by atoms with Crippen LogP contribution >= 0.6 is 11.6 Å². The molecule has 2 aliphatic heterocycles. The highest BCUT2D eigenvalue weighted by molar-refractivity contribution is 7.92. The van der Waals surface area contributed by atoms with Crippen LogP contribution in [0.15, 0.2) is 47.4 Å². The van der Waals surface area contributed by atoms with E-state index in [0.717, 1.165) is 36.3 Å². The van der Waals surface area contributed by atoms with Crippen LogP contribution in [0.1, 0.15) is 23.5 Å². The van der Waals surface area contributed by atoms with Gasteiger partial charge < -0.3 is 4.90 Å². The van der Waals surface area contributed by atoms with Crippen LogP contribution in [-0.2, 0) is 10.0 Å². The molecule has 2 atom stereocenters. The number of hydrogen-bond donors (Lipinski definition) is 0. The third-order valence-corrected chi connectivity index (χ3v) is 7.38. The topological polar surface area (TPSA) is 40.6 Å². The summed E-state index contributed by atoms with van der Waals surface area (Å²) in [6, 6.07) is 12.5. The Kier molecular flexibility index (Phi) is 4.06. The highest BCUT2D eigenvalue weighted by Crippen LogP contribution is 2.47. The molecule has 0 unspecified atom stereocenters. The van der Waals surface area contributed by atoms with Gasteiger partial charge in [0, 0.05) is 17.5 Å². The van der Waals surface area contributed by atoms with E-state index in [-0.39, 0.29) is 12.0 Å². The van der Waals surface area contributed by atoms with Gasteiger partial charge in [0.1, 0.15) is 0 Å². The maximum Gasteiger partial charge on any atom is 0.264 e. The number of fused-ring (bicyclic) bond motifs is 3. The number of piperidine rings is 1. The van der Waals surface area contributed by atoms with E-state index in [1.807, 2.05) is 12.1 Å². The lowest BCUT2D eigenvalue weighted by Crippen LogP contribution is -2.47. The van der Waals surface area contributed by atoms with E-state index < -0.39 is 10.0 Å². The smallest absolute Gasteiger partial charge is 0.264 e. The van der Waals surface area contributed by atoms with Crippen LogP contribution in [0.25, 0.3) is 0 Å². The Morgan fingerprint density at radius 1 is 1.12 bits per heavy atom. The number of rotatable bonds is 2. The van der Waals surface area contributed by atoms with E-state index in [1.165, 1.54) is 0 Å². The SMILES string of the molecule is Cc1ccc2c(c1)[C@@H]1CN(C)CC[C@@H]1N2S(=O)(=O)c1ccc(Cl)cc1. The Balaban J connectivity index is 1.85. The summed E-state index contributed by atoms with van der Waals surface area (Å²) in [5, 5.41) is 0.536. The van der Waals surface area contributed by atoms with Crippen LogP contribution in [0, 0.1) is 6.92 Å². The summed E-state index contributed by atoms with van der Waals surface area (Å²) in [6.45, 7) is 3.84. The van der Waals surface area contributed by atoms with Crippen molar-refractivity contribution in [2.24, 2.45) is 0 Å². The van der Waals surface area contributed by atoms with Gasteiger partial charge in [0.15, 0.2) is 0 Å². The van der Waals surface area contributed by atoms with E-state index in [1.54, 1.807) is 28.6 Å². The van der Waals surface area contributed by atoms with Gasteiger partial charge >= 0.3 is 0 Å². The average molecular weight is 377 g/mol. The highest BCUT2D eigenvalue weighted by Gasteiger charge is 2.46. The number of halogens is 1. The monoisotopic (exact) mass is 376 g/mol. The van der Waals surface area contributed by atoms with Crippen LogP contribution in [0.3, 0.4) is 0 Å². The Bertz CT molecular complexity index is 912. The standard InChI is InChI=1S/C19H21ClN2O2S/c1-13-3-8-18-16(11-13)17-12-21(2)10-9-19(17)22(18)25(23,24)15-6-4-14(20)5-7-15/h3-8,11,17,19H,9-10,12H2,1-2H3/t17-,19-/m0/s1. The van der Waals surface area contributed by atoms with Crippen molar-refractivity contribution < 1.29 is 8.42 Å². The van der Waals surface area contributed by atoms with Crippen LogP contribution in [0.5, 0.6) is 0 Å². The van der Waals surface area contributed by atoms with Crippen molar-refractivity contribution >= 4 is 27.3 Å². The Labute approximate surface area is 154 Å². The molecule has 1 saturated heterocycles. The molecule has 6 heteroatoms. The summed E-state index contributed by atoms with van der Waals surface area (Å²) >= 11 is 5.93. The third kappa shape index (κ3) is 2.75. The first-order chi connectivity index (χ1) is 11.9. The minimum absolute atomic E-state index is 0.0197. The molecule has 4 rings (SSSR count). The number of hydrogen-bond acceptors (Lipinski definition) is 3. The van der Waals surface area contributed by atoms with Crippen molar-refractivity contribution in [2.75, 3.05) is 24.4 Å². The van der Waals surface area contributed by atoms with Gasteiger partial charge in [-0.25, -0.2) is 8.42 Å². The lowest BCUT2D eigenvalue weighted by Gasteiger charge is -2.36. The molecule has 0 amide bonds. The average Bonchev–Trinajstić information content (AvgIpc) is 2.89. The summed E-state index contributed by atoms with van der Waals surface area (Å²) in [6.07, 6.45) is 0.835. The third-order valence-electron chi connectivity index (χ3n) is 5.27. The number of likely N-dealkylation sites (N-methyl/N-ethyl adjacent to an activating group) is 1. The first-order valence-electron chi connectivity index (χ1n) is 8.47. The Morgan fingerprint density at radius 2 is 1.84 bits per heavy atom. The van der Waals surface area contributed by atoms with Crippen LogP contribution in [0.2, 0.25) is 5.02 Å². The summed E-state index contributed by atoms with van der Waals surface area (Å²) < 4.78 is 28.5. The number of nitrogens with zero attached hydrogens (tertiary/aromatic N) is 2. The number of benzene rings is 2. The summed E-state index contributed by atoms with van der Waals surface area (Å²) in [5.74, 6) is 0.218. The largest absolute Gasteiger partial charge is 0.306 e. The van der Waals surface area contributed by atoms with Gasteiger partial charge in [-0.1, -0.05) is 29.3 Å². The maximum atomic E-state index is 13.4. The molecule has 0 spiro atoms. The van der Waals surface area contributed by atoms with Crippen molar-refractivity contribution in [1.29, 1.82) is 0 Å². The van der Waals surface area contributed by atoms with Gasteiger partial charge in [-0.05, 0) is 62.8 Å². The second-order valence-electron chi connectivity index (χ2n) is 7.04. The number of likely N-dealkylation sites (tertiary alicyclic amines) is 1. The van der Waals surface area contributed by atoms with E-state index in [4.69, 9.17) is 11.6 Å². The van der Waals surface area contributed by atoms with Gasteiger partial charge in [-0.3, -0.25) is 4.31 Å². The molecule has 0 N–H and O–H groups in total. The lowest BCUT2D eigenvalue weighted by atomic mass is 9.89. The van der Waals surface area contributed by atoms with Gasteiger partial charge in [0.05, 0.1) is 16.6 Å². The molecule has 2 aromatic carbocycles. The first-order valence-corrected chi connectivity index (χ1v) is 10.3. The zero-order valence-electron chi connectivity index (χ0n) is 14.3. The second kappa shape index (κ2) is 6.01. The first kappa shape index (κ1) is 16.9. The molecule has 0 bridgehead atoms. The van der Waals surface area contributed by atoms with Crippen molar-refractivity contribution in [3.05, 3.63) is 58.6 Å². The molecule has 0 aromatic heterocycles. The van der Waals surface area contributed by atoms with Crippen molar-refractivity contribution in [1.82, 2.24) is 4.90 Å². The van der Waals surface area contributed by atoms with Gasteiger partial charge in [-0.2, -0.15) is 0 Å². The molecule has 0 aliphatic carbocycles. The molecule has 4 nitrogen and oxygen atoms in total. The summed E-state index contributed by atoms with van der Waals surface area (Å²) in [7, 11) is -1.51. The summed E-state index contributed by atoms with van der Waals surface area (Å²) in [5.41, 5.74) is 3.14. The second-order valence-corrected chi connectivity index (χ2v) is 9.29. The molecule has 132 valence electrons. The van der Waals surface area contributed by atoms with Crippen molar-refractivity contribution in [3.8, 4) is 0 Å². The fraction of sp³-hybridized carbons (Fsp3) is 0.368. The molecule has 1 fully saturated rings. The molecular formula is C19H21ClN2O2S. The van der Waals surface area contributed by atoms with Crippen LogP contribution < -0.4 is 4.31 Å². The fourth-order valence-electron chi connectivity index (χ4n) is 4.07. The number of aryl methyl sites for hydroxylation is 1. The fourth-order valence-corrected chi connectivity index (χ4v) is 5.93. The molecule has 25 heavy (non-hydrogen) atoms. The highest BCUT2D eigenvalue weighted by atomic mass is 35.5. The minimum atomic E-state index is -3.61. The quantitative estimate of drug-likeness (QED) is 0.803. The van der Waals surface area contributed by atoms with E-state index >= 15 is 0 Å². The van der Waals surface area contributed by atoms with Gasteiger partial charge in [0.2, 0.25) is 0 Å². The van der Waals surface area contributed by atoms with Crippen LogP contribution in [0.4, 0.5) is 5.69 Å². The van der Waals surface area contributed by atoms with Gasteiger partial charge in [-0.15, -0.1) is 0 Å². The number of sulfonamides is 1. The van der Waals surface area contributed by atoms with Crippen LogP contribution in [-0.4, -0.2) is 39.5 Å². The summed E-state index contributed by atoms with van der Waals surface area (Å²) in [4.78, 5) is 2.58. The van der Waals surface area contributed by atoms with E-state index in [2.05, 4.69) is 24.9 Å². The normalized spacial score (nSPS) is 23.4. The predicted octanol–water partition coefficient (Wildman–Crippen LogP) is 3.65. The molecule has 0 radical (unpaired) electrons. The molecule has 2 aliphatic rings. The molecular weight excluding hydrogens is 356 g/mol.